The fourth-order valence-corrected chi connectivity index (χ4v) is 3.02. The van der Waals surface area contributed by atoms with Crippen molar-refractivity contribution in [2.45, 2.75) is 33.1 Å². The fraction of sp³-hybridized carbons (Fsp3) is 0.421. The number of carbonyl (C=O) groups excluding carboxylic acids is 2. The zero-order chi connectivity index (χ0) is 18.8. The van der Waals surface area contributed by atoms with E-state index in [0.717, 1.165) is 24.1 Å². The van der Waals surface area contributed by atoms with Crippen LogP contribution in [0.5, 0.6) is 5.75 Å². The third-order valence-electron chi connectivity index (χ3n) is 3.69. The van der Waals surface area contributed by atoms with Crippen molar-refractivity contribution in [1.82, 2.24) is 9.88 Å². The number of amides is 2. The molecule has 0 spiro atoms. The van der Waals surface area contributed by atoms with Gasteiger partial charge in [0.25, 0.3) is 5.91 Å². The van der Waals surface area contributed by atoms with Gasteiger partial charge in [-0.2, -0.15) is 0 Å². The van der Waals surface area contributed by atoms with Gasteiger partial charge in [-0.25, -0.2) is 4.98 Å². The summed E-state index contributed by atoms with van der Waals surface area (Å²) >= 11 is 1.41. The maximum absolute atomic E-state index is 12.5. The molecule has 0 radical (unpaired) electrons. The second-order valence-electron chi connectivity index (χ2n) is 5.95. The van der Waals surface area contributed by atoms with Crippen LogP contribution >= 0.6 is 11.3 Å². The minimum Gasteiger partial charge on any atom is -0.484 e. The lowest BCUT2D eigenvalue weighted by Gasteiger charge is -2.22. The molecular weight excluding hydrogens is 350 g/mol. The van der Waals surface area contributed by atoms with Crippen molar-refractivity contribution in [3.05, 3.63) is 41.4 Å². The number of para-hydroxylation sites is 1. The smallest absolute Gasteiger partial charge is 0.260 e. The van der Waals surface area contributed by atoms with Gasteiger partial charge in [0.15, 0.2) is 11.7 Å². The number of thiazole rings is 1. The Morgan fingerprint density at radius 2 is 2.00 bits per heavy atom. The van der Waals surface area contributed by atoms with Crippen LogP contribution in [0.3, 0.4) is 0 Å². The lowest BCUT2D eigenvalue weighted by atomic mass is 10.2. The molecule has 0 aliphatic heterocycles. The van der Waals surface area contributed by atoms with Crippen molar-refractivity contribution in [3.63, 3.8) is 0 Å². The Bertz CT molecular complexity index is 703. The van der Waals surface area contributed by atoms with Gasteiger partial charge in [0, 0.05) is 17.6 Å². The summed E-state index contributed by atoms with van der Waals surface area (Å²) in [4.78, 5) is 31.5. The zero-order valence-electron chi connectivity index (χ0n) is 15.2. The fourth-order valence-electron chi connectivity index (χ4n) is 2.34. The maximum Gasteiger partial charge on any atom is 0.260 e. The molecular formula is C19H25N3O3S. The molecule has 0 unspecified atom stereocenters. The molecule has 2 rings (SSSR count). The molecule has 0 atom stereocenters. The summed E-state index contributed by atoms with van der Waals surface area (Å²) in [5.74, 6) is 0.191. The molecule has 1 aromatic heterocycles. The lowest BCUT2D eigenvalue weighted by Crippen LogP contribution is -2.41. The molecule has 2 amide bonds. The van der Waals surface area contributed by atoms with Gasteiger partial charge in [-0.1, -0.05) is 38.0 Å². The molecule has 0 saturated carbocycles. The van der Waals surface area contributed by atoms with Crippen LogP contribution < -0.4 is 10.1 Å². The van der Waals surface area contributed by atoms with Crippen molar-refractivity contribution >= 4 is 28.3 Å². The Balaban J connectivity index is 1.90. The average molecular weight is 375 g/mol. The van der Waals surface area contributed by atoms with Crippen LogP contribution in [-0.2, 0) is 9.59 Å². The Labute approximate surface area is 158 Å². The number of nitrogens with one attached hydrogen (secondary N) is 1. The second kappa shape index (κ2) is 10.6. The van der Waals surface area contributed by atoms with Gasteiger partial charge in [0.2, 0.25) is 5.91 Å². The summed E-state index contributed by atoms with van der Waals surface area (Å²) in [6.45, 7) is 4.48. The maximum atomic E-state index is 12.5. The van der Waals surface area contributed by atoms with Gasteiger partial charge >= 0.3 is 0 Å². The summed E-state index contributed by atoms with van der Waals surface area (Å²) in [7, 11) is 0. The number of anilines is 1. The SMILES string of the molecule is CCCCCN(CC(=O)Nc1ncc(C)s1)C(=O)COc1ccccc1. The van der Waals surface area contributed by atoms with Crippen LogP contribution in [0.1, 0.15) is 31.1 Å². The molecule has 2 aromatic rings. The third kappa shape index (κ3) is 6.84. The van der Waals surface area contributed by atoms with Crippen LogP contribution in [0.15, 0.2) is 36.5 Å². The van der Waals surface area contributed by atoms with Gasteiger partial charge in [-0.3, -0.25) is 9.59 Å². The number of aryl methyl sites for hydroxylation is 1. The summed E-state index contributed by atoms with van der Waals surface area (Å²) in [6, 6.07) is 9.18. The lowest BCUT2D eigenvalue weighted by molar-refractivity contribution is -0.136. The summed E-state index contributed by atoms with van der Waals surface area (Å²) in [6.07, 6.45) is 4.62. The van der Waals surface area contributed by atoms with Gasteiger partial charge in [-0.05, 0) is 25.5 Å². The van der Waals surface area contributed by atoms with E-state index in [1.54, 1.807) is 23.2 Å². The molecule has 6 nitrogen and oxygen atoms in total. The molecule has 1 heterocycles. The van der Waals surface area contributed by atoms with Gasteiger partial charge in [-0.15, -0.1) is 11.3 Å². The van der Waals surface area contributed by atoms with Gasteiger partial charge < -0.3 is 15.0 Å². The van der Waals surface area contributed by atoms with E-state index in [4.69, 9.17) is 4.74 Å². The van der Waals surface area contributed by atoms with Crippen molar-refractivity contribution in [2.75, 3.05) is 25.0 Å². The van der Waals surface area contributed by atoms with E-state index < -0.39 is 0 Å². The topological polar surface area (TPSA) is 71.5 Å². The molecule has 26 heavy (non-hydrogen) atoms. The van der Waals surface area contributed by atoms with E-state index >= 15 is 0 Å². The number of hydrogen-bond acceptors (Lipinski definition) is 5. The molecule has 0 aliphatic rings. The third-order valence-corrected chi connectivity index (χ3v) is 4.52. The zero-order valence-corrected chi connectivity index (χ0v) is 16.1. The molecule has 0 fully saturated rings. The van der Waals surface area contributed by atoms with Crippen molar-refractivity contribution in [1.29, 1.82) is 0 Å². The first-order valence-corrected chi connectivity index (χ1v) is 9.58. The molecule has 7 heteroatoms. The van der Waals surface area contributed by atoms with E-state index in [2.05, 4.69) is 17.2 Å². The summed E-state index contributed by atoms with van der Waals surface area (Å²) in [5, 5.41) is 3.30. The first-order valence-electron chi connectivity index (χ1n) is 8.76. The number of nitrogens with zero attached hydrogens (tertiary/aromatic N) is 2. The van der Waals surface area contributed by atoms with Crippen molar-refractivity contribution < 1.29 is 14.3 Å². The molecule has 0 aliphatic carbocycles. The number of rotatable bonds is 10. The van der Waals surface area contributed by atoms with E-state index in [0.29, 0.717) is 17.4 Å². The Hall–Kier alpha value is -2.41. The highest BCUT2D eigenvalue weighted by atomic mass is 32.1. The predicted octanol–water partition coefficient (Wildman–Crippen LogP) is 3.49. The van der Waals surface area contributed by atoms with E-state index in [9.17, 15) is 9.59 Å². The van der Waals surface area contributed by atoms with Crippen LogP contribution in [0.4, 0.5) is 5.13 Å². The minimum absolute atomic E-state index is 0.000670. The highest BCUT2D eigenvalue weighted by Gasteiger charge is 2.18. The summed E-state index contributed by atoms with van der Waals surface area (Å²) in [5.41, 5.74) is 0. The van der Waals surface area contributed by atoms with Gasteiger partial charge in [0.1, 0.15) is 12.3 Å². The normalized spacial score (nSPS) is 10.4. The molecule has 140 valence electrons. The highest BCUT2D eigenvalue weighted by Crippen LogP contribution is 2.16. The minimum atomic E-state index is -0.246. The number of hydrogen-bond donors (Lipinski definition) is 1. The van der Waals surface area contributed by atoms with Crippen molar-refractivity contribution in [2.24, 2.45) is 0 Å². The Morgan fingerprint density at radius 1 is 1.23 bits per heavy atom. The molecule has 0 saturated heterocycles. The Kier molecular flexibility index (Phi) is 8.08. The first-order chi connectivity index (χ1) is 12.6. The Morgan fingerprint density at radius 3 is 2.65 bits per heavy atom. The average Bonchev–Trinajstić information content (AvgIpc) is 3.04. The number of benzene rings is 1. The second-order valence-corrected chi connectivity index (χ2v) is 7.18. The summed E-state index contributed by atoms with van der Waals surface area (Å²) < 4.78 is 5.53. The standard InChI is InChI=1S/C19H25N3O3S/c1-3-4-8-11-22(13-17(23)21-19-20-12-15(2)26-19)18(24)14-25-16-9-6-5-7-10-16/h5-7,9-10,12H,3-4,8,11,13-14H2,1-2H3,(H,20,21,23). The van der Waals surface area contributed by atoms with Crippen LogP contribution in [0.2, 0.25) is 0 Å². The van der Waals surface area contributed by atoms with E-state index in [1.807, 2.05) is 25.1 Å². The van der Waals surface area contributed by atoms with Crippen LogP contribution in [0.25, 0.3) is 0 Å². The van der Waals surface area contributed by atoms with Crippen LogP contribution in [0, 0.1) is 6.92 Å². The quantitative estimate of drug-likeness (QED) is 0.645. The predicted molar refractivity (Wildman–Crippen MR) is 104 cm³/mol. The van der Waals surface area contributed by atoms with E-state index in [-0.39, 0.29) is 25.0 Å². The molecule has 1 N–H and O–H groups in total. The number of unbranched alkanes of at least 4 members (excludes halogenated alkanes) is 2. The number of aromatic nitrogens is 1. The van der Waals surface area contributed by atoms with Crippen molar-refractivity contribution in [3.8, 4) is 5.75 Å². The monoisotopic (exact) mass is 375 g/mol. The number of ether oxygens (including phenoxy) is 1. The number of carbonyl (C=O) groups is 2. The van der Waals surface area contributed by atoms with Gasteiger partial charge in [0.05, 0.1) is 0 Å². The largest absolute Gasteiger partial charge is 0.484 e. The first kappa shape index (κ1) is 19.9. The molecule has 1 aromatic carbocycles. The van der Waals surface area contributed by atoms with Crippen LogP contribution in [-0.4, -0.2) is 41.4 Å². The highest BCUT2D eigenvalue weighted by molar-refractivity contribution is 7.15. The van der Waals surface area contributed by atoms with E-state index in [1.165, 1.54) is 11.3 Å². The molecule has 0 bridgehead atoms.